The summed E-state index contributed by atoms with van der Waals surface area (Å²) in [7, 11) is 1.61. The Kier molecular flexibility index (Phi) is 5.04. The van der Waals surface area contributed by atoms with E-state index in [1.54, 1.807) is 11.7 Å². The SMILES string of the molecule is COc1ccc(-c2nnc3n(c2=O)CC[C@@]32CCN(C(=O)Cc3ccc(C)cc3)C2)cc1. The minimum atomic E-state index is -0.284. The maximum Gasteiger partial charge on any atom is 0.280 e. The van der Waals surface area contributed by atoms with E-state index in [-0.39, 0.29) is 16.9 Å². The first kappa shape index (κ1) is 20.4. The molecular weight excluding hydrogens is 404 g/mol. The predicted molar refractivity (Wildman–Crippen MR) is 121 cm³/mol. The van der Waals surface area contributed by atoms with Crippen LogP contribution in [0.2, 0.25) is 0 Å². The van der Waals surface area contributed by atoms with Crippen molar-refractivity contribution >= 4 is 5.91 Å². The van der Waals surface area contributed by atoms with Crippen LogP contribution >= 0.6 is 0 Å². The van der Waals surface area contributed by atoms with Gasteiger partial charge in [0.05, 0.1) is 18.9 Å². The average molecular weight is 431 g/mol. The Hall–Kier alpha value is -3.48. The van der Waals surface area contributed by atoms with Crippen molar-refractivity contribution in [2.45, 2.75) is 38.1 Å². The smallest absolute Gasteiger partial charge is 0.280 e. The average Bonchev–Trinajstić information content (AvgIpc) is 3.41. The van der Waals surface area contributed by atoms with E-state index >= 15 is 0 Å². The summed E-state index contributed by atoms with van der Waals surface area (Å²) in [4.78, 5) is 28.0. The number of aryl methyl sites for hydroxylation is 1. The van der Waals surface area contributed by atoms with Crippen molar-refractivity contribution in [2.75, 3.05) is 20.2 Å². The highest BCUT2D eigenvalue weighted by Crippen LogP contribution is 2.41. The Labute approximate surface area is 186 Å². The Morgan fingerprint density at radius 2 is 1.75 bits per heavy atom. The number of likely N-dealkylation sites (tertiary alicyclic amines) is 1. The standard InChI is InChI=1S/C25H26N4O3/c1-17-3-5-18(6-4-17)15-21(30)28-13-11-25(16-28)12-14-29-23(31)22(26-27-24(25)29)19-7-9-20(32-2)10-8-19/h3-10H,11-16H2,1-2H3/t25-/m1/s1. The van der Waals surface area contributed by atoms with Gasteiger partial charge < -0.3 is 9.64 Å². The molecule has 2 aliphatic heterocycles. The van der Waals surface area contributed by atoms with E-state index in [1.165, 1.54) is 5.56 Å². The number of rotatable bonds is 4. The van der Waals surface area contributed by atoms with Gasteiger partial charge in [-0.25, -0.2) is 0 Å². The van der Waals surface area contributed by atoms with Gasteiger partial charge in [0.2, 0.25) is 5.91 Å². The molecule has 3 aromatic rings. The van der Waals surface area contributed by atoms with E-state index in [2.05, 4.69) is 10.2 Å². The molecule has 1 spiro atoms. The number of fused-ring (bicyclic) bond motifs is 2. The largest absolute Gasteiger partial charge is 0.497 e. The van der Waals surface area contributed by atoms with Crippen LogP contribution < -0.4 is 10.3 Å². The van der Waals surface area contributed by atoms with Crippen molar-refractivity contribution in [1.29, 1.82) is 0 Å². The summed E-state index contributed by atoms with van der Waals surface area (Å²) in [5.74, 6) is 1.56. The molecule has 1 atom stereocenters. The molecule has 7 heteroatoms. The second-order valence-electron chi connectivity index (χ2n) is 8.82. The number of amides is 1. The highest BCUT2D eigenvalue weighted by molar-refractivity contribution is 5.79. The van der Waals surface area contributed by atoms with Gasteiger partial charge in [-0.2, -0.15) is 0 Å². The molecule has 2 aromatic carbocycles. The molecule has 0 N–H and O–H groups in total. The lowest BCUT2D eigenvalue weighted by Gasteiger charge is -2.23. The second-order valence-corrected chi connectivity index (χ2v) is 8.82. The van der Waals surface area contributed by atoms with Gasteiger partial charge in [-0.1, -0.05) is 29.8 Å². The highest BCUT2D eigenvalue weighted by Gasteiger charge is 2.48. The molecule has 0 aliphatic carbocycles. The molecule has 1 saturated heterocycles. The number of methoxy groups -OCH3 is 1. The molecule has 0 unspecified atom stereocenters. The quantitative estimate of drug-likeness (QED) is 0.636. The van der Waals surface area contributed by atoms with Crippen molar-refractivity contribution in [3.63, 3.8) is 0 Å². The van der Waals surface area contributed by atoms with Crippen molar-refractivity contribution < 1.29 is 9.53 Å². The molecule has 3 heterocycles. The van der Waals surface area contributed by atoms with E-state index in [4.69, 9.17) is 4.74 Å². The van der Waals surface area contributed by atoms with Crippen LogP contribution in [-0.2, 0) is 23.2 Å². The highest BCUT2D eigenvalue weighted by atomic mass is 16.5. The topological polar surface area (TPSA) is 77.3 Å². The Balaban J connectivity index is 1.37. The van der Waals surface area contributed by atoms with E-state index < -0.39 is 0 Å². The third-order valence-electron chi connectivity index (χ3n) is 6.78. The molecule has 32 heavy (non-hydrogen) atoms. The van der Waals surface area contributed by atoms with E-state index in [0.29, 0.717) is 37.6 Å². The van der Waals surface area contributed by atoms with E-state index in [9.17, 15) is 9.59 Å². The van der Waals surface area contributed by atoms with Crippen molar-refractivity contribution in [3.8, 4) is 17.0 Å². The summed E-state index contributed by atoms with van der Waals surface area (Å²) in [5, 5.41) is 8.82. The van der Waals surface area contributed by atoms with Crippen LogP contribution in [0.5, 0.6) is 5.75 Å². The first-order valence-corrected chi connectivity index (χ1v) is 10.9. The van der Waals surface area contributed by atoms with Crippen LogP contribution in [0.4, 0.5) is 0 Å². The van der Waals surface area contributed by atoms with Crippen LogP contribution in [0.15, 0.2) is 53.3 Å². The summed E-state index contributed by atoms with van der Waals surface area (Å²) in [6.45, 7) is 3.91. The van der Waals surface area contributed by atoms with Gasteiger partial charge in [0.1, 0.15) is 11.6 Å². The normalized spacial score (nSPS) is 19.4. The Morgan fingerprint density at radius 3 is 2.47 bits per heavy atom. The number of benzene rings is 2. The van der Waals surface area contributed by atoms with Gasteiger partial charge in [0, 0.05) is 25.2 Å². The molecular formula is C25H26N4O3. The van der Waals surface area contributed by atoms with Gasteiger partial charge in [-0.3, -0.25) is 14.2 Å². The molecule has 0 radical (unpaired) electrons. The molecule has 164 valence electrons. The zero-order valence-electron chi connectivity index (χ0n) is 18.4. The number of carbonyl (C=O) groups excluding carboxylic acids is 1. The minimum absolute atomic E-state index is 0.120. The summed E-state index contributed by atoms with van der Waals surface area (Å²) in [6.07, 6.45) is 2.01. The number of hydrogen-bond donors (Lipinski definition) is 0. The first-order chi connectivity index (χ1) is 15.5. The molecule has 0 saturated carbocycles. The van der Waals surface area contributed by atoms with Crippen molar-refractivity contribution in [3.05, 3.63) is 75.8 Å². The van der Waals surface area contributed by atoms with Gasteiger partial charge >= 0.3 is 0 Å². The Bertz CT molecular complexity index is 1220. The minimum Gasteiger partial charge on any atom is -0.497 e. The summed E-state index contributed by atoms with van der Waals surface area (Å²) in [6, 6.07) is 15.3. The maximum atomic E-state index is 13.2. The number of hydrogen-bond acceptors (Lipinski definition) is 5. The zero-order chi connectivity index (χ0) is 22.3. The fourth-order valence-corrected chi connectivity index (χ4v) is 4.85. The van der Waals surface area contributed by atoms with Gasteiger partial charge in [-0.15, -0.1) is 10.2 Å². The maximum absolute atomic E-state index is 13.2. The van der Waals surface area contributed by atoms with Crippen LogP contribution in [-0.4, -0.2) is 45.8 Å². The number of nitrogens with zero attached hydrogens (tertiary/aromatic N) is 4. The van der Waals surface area contributed by atoms with Crippen LogP contribution in [0.3, 0.4) is 0 Å². The van der Waals surface area contributed by atoms with E-state index in [0.717, 1.165) is 29.7 Å². The van der Waals surface area contributed by atoms with Crippen molar-refractivity contribution in [2.24, 2.45) is 0 Å². The summed E-state index contributed by atoms with van der Waals surface area (Å²) in [5.41, 5.74) is 2.87. The van der Waals surface area contributed by atoms with Crippen LogP contribution in [0.25, 0.3) is 11.3 Å². The first-order valence-electron chi connectivity index (χ1n) is 10.9. The third-order valence-corrected chi connectivity index (χ3v) is 6.78. The number of carbonyl (C=O) groups is 1. The molecule has 7 nitrogen and oxygen atoms in total. The predicted octanol–water partition coefficient (Wildman–Crippen LogP) is 2.74. The molecule has 1 aromatic heterocycles. The fourth-order valence-electron chi connectivity index (χ4n) is 4.85. The zero-order valence-corrected chi connectivity index (χ0v) is 18.4. The lowest BCUT2D eigenvalue weighted by atomic mass is 9.85. The second kappa shape index (κ2) is 7.89. The summed E-state index contributed by atoms with van der Waals surface area (Å²) >= 11 is 0. The summed E-state index contributed by atoms with van der Waals surface area (Å²) < 4.78 is 6.94. The number of aromatic nitrogens is 3. The van der Waals surface area contributed by atoms with Gasteiger partial charge in [-0.05, 0) is 49.6 Å². The molecule has 2 aliphatic rings. The Morgan fingerprint density at radius 1 is 1.03 bits per heavy atom. The van der Waals surface area contributed by atoms with E-state index in [1.807, 2.05) is 60.4 Å². The third kappa shape index (κ3) is 3.47. The van der Waals surface area contributed by atoms with Crippen molar-refractivity contribution in [1.82, 2.24) is 19.7 Å². The lowest BCUT2D eigenvalue weighted by Crippen LogP contribution is -2.36. The number of ether oxygens (including phenoxy) is 1. The molecule has 5 rings (SSSR count). The lowest BCUT2D eigenvalue weighted by molar-refractivity contribution is -0.129. The molecule has 0 bridgehead atoms. The monoisotopic (exact) mass is 430 g/mol. The molecule has 1 amide bonds. The van der Waals surface area contributed by atoms with Gasteiger partial charge in [0.15, 0.2) is 5.69 Å². The van der Waals surface area contributed by atoms with Crippen LogP contribution in [0, 0.1) is 6.92 Å². The fraction of sp³-hybridized carbons (Fsp3) is 0.360. The van der Waals surface area contributed by atoms with Crippen LogP contribution in [0.1, 0.15) is 29.8 Å². The molecule has 1 fully saturated rings. The van der Waals surface area contributed by atoms with Gasteiger partial charge in [0.25, 0.3) is 5.56 Å².